The molecule has 2 aromatic carbocycles. The first kappa shape index (κ1) is 19.3. The van der Waals surface area contributed by atoms with Crippen LogP contribution in [-0.4, -0.2) is 33.9 Å². The van der Waals surface area contributed by atoms with Gasteiger partial charge in [-0.3, -0.25) is 9.20 Å². The highest BCUT2D eigenvalue weighted by atomic mass is 19.3. The van der Waals surface area contributed by atoms with E-state index < -0.39 is 6.61 Å². The molecule has 4 aromatic rings. The summed E-state index contributed by atoms with van der Waals surface area (Å²) in [6.45, 7) is -2.86. The third-order valence-corrected chi connectivity index (χ3v) is 4.44. The lowest BCUT2D eigenvalue weighted by atomic mass is 10.1. The van der Waals surface area contributed by atoms with Crippen LogP contribution in [0.4, 0.5) is 20.3 Å². The van der Waals surface area contributed by atoms with Crippen molar-refractivity contribution in [2.24, 2.45) is 0 Å². The van der Waals surface area contributed by atoms with Crippen molar-refractivity contribution in [3.63, 3.8) is 0 Å². The number of aromatic nitrogens is 3. The number of halogens is 2. The van der Waals surface area contributed by atoms with Crippen LogP contribution in [0.25, 0.3) is 16.9 Å². The number of anilines is 2. The van der Waals surface area contributed by atoms with Crippen LogP contribution in [0.5, 0.6) is 5.75 Å². The molecule has 0 saturated heterocycles. The molecule has 152 valence electrons. The number of amides is 1. The van der Waals surface area contributed by atoms with Crippen molar-refractivity contribution in [2.45, 2.75) is 6.61 Å². The fourth-order valence-electron chi connectivity index (χ4n) is 3.01. The third-order valence-electron chi connectivity index (χ3n) is 4.44. The number of rotatable bonds is 6. The number of fused-ring (bicyclic) bond motifs is 1. The zero-order chi connectivity index (χ0) is 21.1. The van der Waals surface area contributed by atoms with E-state index in [0.717, 1.165) is 16.9 Å². The molecule has 9 heteroatoms. The Balaban J connectivity index is 1.61. The van der Waals surface area contributed by atoms with Crippen LogP contribution in [0, 0.1) is 0 Å². The molecule has 0 spiro atoms. The van der Waals surface area contributed by atoms with Crippen LogP contribution < -0.4 is 15.4 Å². The smallest absolute Gasteiger partial charge is 0.387 e. The molecule has 0 fully saturated rings. The first-order chi connectivity index (χ1) is 14.5. The topological polar surface area (TPSA) is 80.6 Å². The minimum Gasteiger partial charge on any atom is -0.435 e. The van der Waals surface area contributed by atoms with Crippen molar-refractivity contribution in [1.82, 2.24) is 19.7 Å². The van der Waals surface area contributed by atoms with Gasteiger partial charge in [0.2, 0.25) is 0 Å². The average Bonchev–Trinajstić information content (AvgIpc) is 3.19. The van der Waals surface area contributed by atoms with Gasteiger partial charge in [0.15, 0.2) is 11.5 Å². The summed E-state index contributed by atoms with van der Waals surface area (Å²) in [6, 6.07) is 13.3. The summed E-state index contributed by atoms with van der Waals surface area (Å²) in [4.78, 5) is 20.5. The van der Waals surface area contributed by atoms with Gasteiger partial charge >= 0.3 is 6.61 Å². The predicted molar refractivity (Wildman–Crippen MR) is 108 cm³/mol. The van der Waals surface area contributed by atoms with E-state index in [1.165, 1.54) is 12.1 Å². The van der Waals surface area contributed by atoms with E-state index in [9.17, 15) is 13.6 Å². The van der Waals surface area contributed by atoms with Crippen LogP contribution in [0.3, 0.4) is 0 Å². The Morgan fingerprint density at radius 3 is 2.47 bits per heavy atom. The standard InChI is InChI=1S/C21H17F2N5O2/c1-24-20(29)14-2-6-15(7-3-14)27-18-19-26-12-17(28(19)11-10-25-18)13-4-8-16(9-5-13)30-21(22)23/h2-12,21H,1H3,(H,24,29)(H,25,27). The SMILES string of the molecule is CNC(=O)c1ccc(Nc2nccn3c(-c4ccc(OC(F)F)cc4)cnc23)cc1. The Labute approximate surface area is 170 Å². The molecule has 2 heterocycles. The van der Waals surface area contributed by atoms with E-state index in [1.54, 1.807) is 62.0 Å². The van der Waals surface area contributed by atoms with Crippen LogP contribution in [-0.2, 0) is 0 Å². The molecule has 2 aromatic heterocycles. The lowest BCUT2D eigenvalue weighted by molar-refractivity contribution is -0.0498. The van der Waals surface area contributed by atoms with Gasteiger partial charge in [0, 0.05) is 36.3 Å². The van der Waals surface area contributed by atoms with E-state index in [0.29, 0.717) is 17.0 Å². The molecule has 0 bridgehead atoms. The number of nitrogens with zero attached hydrogens (tertiary/aromatic N) is 3. The van der Waals surface area contributed by atoms with Gasteiger partial charge < -0.3 is 15.4 Å². The summed E-state index contributed by atoms with van der Waals surface area (Å²) in [6.07, 6.45) is 5.08. The Hall–Kier alpha value is -4.01. The maximum atomic E-state index is 12.3. The fourth-order valence-corrected chi connectivity index (χ4v) is 3.01. The van der Waals surface area contributed by atoms with Crippen molar-refractivity contribution in [1.29, 1.82) is 0 Å². The second kappa shape index (κ2) is 8.16. The zero-order valence-corrected chi connectivity index (χ0v) is 15.8. The van der Waals surface area contributed by atoms with Gasteiger partial charge in [-0.1, -0.05) is 0 Å². The molecule has 4 rings (SSSR count). The first-order valence-corrected chi connectivity index (χ1v) is 9.01. The quantitative estimate of drug-likeness (QED) is 0.501. The van der Waals surface area contributed by atoms with E-state index in [-0.39, 0.29) is 11.7 Å². The molecule has 0 aliphatic rings. The van der Waals surface area contributed by atoms with Gasteiger partial charge in [0.25, 0.3) is 5.91 Å². The summed E-state index contributed by atoms with van der Waals surface area (Å²) in [5.41, 5.74) is 3.46. The van der Waals surface area contributed by atoms with Gasteiger partial charge in [-0.15, -0.1) is 0 Å². The van der Waals surface area contributed by atoms with Gasteiger partial charge in [0.05, 0.1) is 11.9 Å². The number of imidazole rings is 1. The largest absolute Gasteiger partial charge is 0.435 e. The summed E-state index contributed by atoms with van der Waals surface area (Å²) in [5.74, 6) is 0.463. The normalized spacial score (nSPS) is 10.9. The van der Waals surface area contributed by atoms with E-state index in [2.05, 4.69) is 25.3 Å². The lowest BCUT2D eigenvalue weighted by Crippen LogP contribution is -2.17. The number of hydrogen-bond acceptors (Lipinski definition) is 5. The van der Waals surface area contributed by atoms with Crippen LogP contribution in [0.2, 0.25) is 0 Å². The lowest BCUT2D eigenvalue weighted by Gasteiger charge is -2.09. The third kappa shape index (κ3) is 3.90. The summed E-state index contributed by atoms with van der Waals surface area (Å²) in [5, 5.41) is 5.77. The molecular formula is C21H17F2N5O2. The highest BCUT2D eigenvalue weighted by Crippen LogP contribution is 2.27. The molecule has 0 atom stereocenters. The molecule has 0 aliphatic heterocycles. The molecule has 0 saturated carbocycles. The number of carbonyl (C=O) groups excluding carboxylic acids is 1. The Morgan fingerprint density at radius 2 is 1.80 bits per heavy atom. The highest BCUT2D eigenvalue weighted by molar-refractivity contribution is 5.94. The van der Waals surface area contributed by atoms with Gasteiger partial charge in [0.1, 0.15) is 5.75 Å². The summed E-state index contributed by atoms with van der Waals surface area (Å²) in [7, 11) is 1.58. The van der Waals surface area contributed by atoms with Gasteiger partial charge in [-0.25, -0.2) is 9.97 Å². The second-order valence-electron chi connectivity index (χ2n) is 6.30. The number of benzene rings is 2. The van der Waals surface area contributed by atoms with Crippen LogP contribution in [0.15, 0.2) is 67.1 Å². The predicted octanol–water partition coefficient (Wildman–Crippen LogP) is 4.10. The molecule has 2 N–H and O–H groups in total. The molecule has 0 radical (unpaired) electrons. The van der Waals surface area contributed by atoms with Crippen molar-refractivity contribution in [3.05, 3.63) is 72.7 Å². The van der Waals surface area contributed by atoms with Crippen LogP contribution in [0.1, 0.15) is 10.4 Å². The number of ether oxygens (including phenoxy) is 1. The van der Waals surface area contributed by atoms with Crippen LogP contribution >= 0.6 is 0 Å². The minimum absolute atomic E-state index is 0.0896. The maximum absolute atomic E-state index is 12.3. The van der Waals surface area contributed by atoms with Gasteiger partial charge in [-0.05, 0) is 48.5 Å². The number of nitrogens with one attached hydrogen (secondary N) is 2. The minimum atomic E-state index is -2.86. The molecular weight excluding hydrogens is 392 g/mol. The van der Waals surface area contributed by atoms with E-state index in [1.807, 2.05) is 4.40 Å². The van der Waals surface area contributed by atoms with E-state index in [4.69, 9.17) is 0 Å². The molecule has 30 heavy (non-hydrogen) atoms. The monoisotopic (exact) mass is 409 g/mol. The summed E-state index contributed by atoms with van der Waals surface area (Å²) < 4.78 is 30.9. The van der Waals surface area contributed by atoms with Crippen molar-refractivity contribution >= 4 is 23.1 Å². The molecule has 0 aliphatic carbocycles. The van der Waals surface area contributed by atoms with Gasteiger partial charge in [-0.2, -0.15) is 8.78 Å². The molecule has 7 nitrogen and oxygen atoms in total. The molecule has 1 amide bonds. The average molecular weight is 409 g/mol. The van der Waals surface area contributed by atoms with Crippen molar-refractivity contribution < 1.29 is 18.3 Å². The number of hydrogen-bond donors (Lipinski definition) is 2. The van der Waals surface area contributed by atoms with E-state index >= 15 is 0 Å². The zero-order valence-electron chi connectivity index (χ0n) is 15.8. The Bertz CT molecular complexity index is 1170. The maximum Gasteiger partial charge on any atom is 0.387 e. The Morgan fingerprint density at radius 1 is 1.07 bits per heavy atom. The Kier molecular flexibility index (Phi) is 5.25. The van der Waals surface area contributed by atoms with Crippen molar-refractivity contribution in [3.8, 4) is 17.0 Å². The molecule has 0 unspecified atom stereocenters. The number of carbonyl (C=O) groups is 1. The first-order valence-electron chi connectivity index (χ1n) is 9.01. The number of alkyl halides is 2. The summed E-state index contributed by atoms with van der Waals surface area (Å²) >= 11 is 0. The fraction of sp³-hybridized carbons (Fsp3) is 0.0952. The highest BCUT2D eigenvalue weighted by Gasteiger charge is 2.12. The second-order valence-corrected chi connectivity index (χ2v) is 6.30. The van der Waals surface area contributed by atoms with Crippen molar-refractivity contribution in [2.75, 3.05) is 12.4 Å².